The average molecular weight is 599 g/mol. The van der Waals surface area contributed by atoms with Gasteiger partial charge in [-0.15, -0.1) is 0 Å². The molecule has 1 aromatic rings. The zero-order valence-electron chi connectivity index (χ0n) is 24.5. The second-order valence-electron chi connectivity index (χ2n) is 11.7. The highest BCUT2D eigenvalue weighted by atomic mass is 35.5. The van der Waals surface area contributed by atoms with E-state index in [4.69, 9.17) is 25.8 Å². The van der Waals surface area contributed by atoms with Gasteiger partial charge in [0.2, 0.25) is 0 Å². The molecular weight excluding hydrogens is 556 g/mol. The maximum atomic E-state index is 12.8. The molecule has 9 atom stereocenters. The second kappa shape index (κ2) is 13.5. The minimum absolute atomic E-state index is 0.00727. The molecule has 0 unspecified atom stereocenters. The highest BCUT2D eigenvalue weighted by Crippen LogP contribution is 2.48. The first-order valence-electron chi connectivity index (χ1n) is 13.9. The fourth-order valence-corrected chi connectivity index (χ4v) is 6.24. The van der Waals surface area contributed by atoms with E-state index < -0.39 is 48.8 Å². The van der Waals surface area contributed by atoms with E-state index in [2.05, 4.69) is 6.92 Å². The number of phenols is 2. The molecule has 1 saturated heterocycles. The first-order valence-corrected chi connectivity index (χ1v) is 14.3. The number of halogens is 1. The van der Waals surface area contributed by atoms with E-state index in [1.54, 1.807) is 13.0 Å². The predicted octanol–water partition coefficient (Wildman–Crippen LogP) is 3.23. The monoisotopic (exact) mass is 598 g/mol. The van der Waals surface area contributed by atoms with Gasteiger partial charge in [0.15, 0.2) is 12.6 Å². The van der Waals surface area contributed by atoms with E-state index in [0.717, 1.165) is 6.42 Å². The van der Waals surface area contributed by atoms with Crippen molar-refractivity contribution in [2.45, 2.75) is 97.1 Å². The lowest BCUT2D eigenvalue weighted by atomic mass is 9.59. The van der Waals surface area contributed by atoms with Gasteiger partial charge in [0.05, 0.1) is 23.3 Å². The standard InChI is InChI=1S/C30H43ClO10/c1-14(7-9-18-24(35)19(12-32)16(3)23(31)25(18)36)21(11-30(5)15(2)8-10-20(34)17(30)4)40-29-27(38)26(37)28(39-6)22(13-33)41-29/h7,12,15,17,21-22,26-29,33,35-38H,8-11,13H2,1-6H3/b14-7+/t15-,17+,21-,22-,26-,27-,28-,29-,30+/m1/s1. The third-order valence-corrected chi connectivity index (χ3v) is 9.92. The molecule has 3 rings (SSSR count). The molecule has 1 heterocycles. The van der Waals surface area contributed by atoms with Crippen LogP contribution in [0.2, 0.25) is 5.02 Å². The van der Waals surface area contributed by atoms with Crippen LogP contribution in [0.25, 0.3) is 0 Å². The SMILES string of the molecule is CO[C@H]1[C@H](O)[C@@H](O)[C@H](O[C@H](C[C@@]2(C)[C@H](C)CCC(=O)[C@@H]2C)/C(C)=C/Cc2c(O)c(Cl)c(C)c(C=O)c2O)O[C@@H]1CO. The Balaban J connectivity index is 2.00. The normalized spacial score (nSPS) is 33.6. The van der Waals surface area contributed by atoms with Crippen LogP contribution in [0.15, 0.2) is 11.6 Å². The number of hydrogen-bond acceptors (Lipinski definition) is 10. The van der Waals surface area contributed by atoms with Crippen LogP contribution < -0.4 is 0 Å². The number of aldehydes is 1. The summed E-state index contributed by atoms with van der Waals surface area (Å²) in [6.07, 6.45) is -3.13. The van der Waals surface area contributed by atoms with E-state index in [9.17, 15) is 35.1 Å². The number of Topliss-reactive ketones (excluding diaryl/α,β-unsaturated/α-hetero) is 1. The molecule has 230 valence electrons. The summed E-state index contributed by atoms with van der Waals surface area (Å²) in [5.74, 6) is -0.664. The molecule has 10 nitrogen and oxygen atoms in total. The van der Waals surface area contributed by atoms with Crippen molar-refractivity contribution in [1.82, 2.24) is 0 Å². The Morgan fingerprint density at radius 1 is 1.22 bits per heavy atom. The highest BCUT2D eigenvalue weighted by molar-refractivity contribution is 6.33. The predicted molar refractivity (Wildman–Crippen MR) is 151 cm³/mol. The summed E-state index contributed by atoms with van der Waals surface area (Å²) in [5, 5.41) is 52.6. The summed E-state index contributed by atoms with van der Waals surface area (Å²) < 4.78 is 17.4. The van der Waals surface area contributed by atoms with Crippen molar-refractivity contribution in [3.05, 3.63) is 33.4 Å². The number of ether oxygens (including phenoxy) is 3. The maximum Gasteiger partial charge on any atom is 0.187 e. The molecule has 1 aromatic carbocycles. The maximum absolute atomic E-state index is 12.8. The number of carbonyl (C=O) groups excluding carboxylic acids is 2. The van der Waals surface area contributed by atoms with Crippen molar-refractivity contribution in [3.63, 3.8) is 0 Å². The van der Waals surface area contributed by atoms with E-state index in [1.165, 1.54) is 14.0 Å². The smallest absolute Gasteiger partial charge is 0.187 e. The Kier molecular flexibility index (Phi) is 11.0. The van der Waals surface area contributed by atoms with E-state index in [0.29, 0.717) is 24.7 Å². The number of rotatable bonds is 10. The first kappa shape index (κ1) is 33.5. The second-order valence-corrected chi connectivity index (χ2v) is 12.0. The van der Waals surface area contributed by atoms with Gasteiger partial charge in [-0.05, 0) is 55.6 Å². The molecule has 1 aliphatic carbocycles. The number of carbonyl (C=O) groups is 2. The van der Waals surface area contributed by atoms with Crippen LogP contribution in [0, 0.1) is 24.2 Å². The van der Waals surface area contributed by atoms with Crippen LogP contribution >= 0.6 is 11.6 Å². The minimum atomic E-state index is -1.49. The van der Waals surface area contributed by atoms with Crippen LogP contribution in [0.5, 0.6) is 11.5 Å². The Hall–Kier alpha value is -2.05. The van der Waals surface area contributed by atoms with Crippen LogP contribution in [0.4, 0.5) is 0 Å². The number of benzene rings is 1. The van der Waals surface area contributed by atoms with Gasteiger partial charge < -0.3 is 39.7 Å². The molecule has 5 N–H and O–H groups in total. The van der Waals surface area contributed by atoms with Crippen molar-refractivity contribution < 1.29 is 49.3 Å². The lowest BCUT2D eigenvalue weighted by Crippen LogP contribution is -2.60. The molecule has 1 aliphatic heterocycles. The molecule has 2 fully saturated rings. The Labute approximate surface area is 245 Å². The van der Waals surface area contributed by atoms with Gasteiger partial charge in [0.1, 0.15) is 41.7 Å². The van der Waals surface area contributed by atoms with E-state index in [1.807, 2.05) is 13.8 Å². The van der Waals surface area contributed by atoms with Crippen molar-refractivity contribution in [2.75, 3.05) is 13.7 Å². The molecule has 41 heavy (non-hydrogen) atoms. The third-order valence-electron chi connectivity index (χ3n) is 9.46. The van der Waals surface area contributed by atoms with Gasteiger partial charge in [-0.2, -0.15) is 0 Å². The zero-order valence-corrected chi connectivity index (χ0v) is 25.2. The van der Waals surface area contributed by atoms with Crippen LogP contribution in [-0.4, -0.2) is 88.1 Å². The van der Waals surface area contributed by atoms with Crippen molar-refractivity contribution in [3.8, 4) is 11.5 Å². The number of ketones is 1. The number of methoxy groups -OCH3 is 1. The third kappa shape index (κ3) is 6.49. The number of aromatic hydroxyl groups is 2. The number of allylic oxidation sites excluding steroid dienone is 1. The molecule has 0 bridgehead atoms. The number of aliphatic hydroxyl groups excluding tert-OH is 3. The minimum Gasteiger partial charge on any atom is -0.507 e. The molecule has 0 radical (unpaired) electrons. The van der Waals surface area contributed by atoms with Gasteiger partial charge in [-0.3, -0.25) is 9.59 Å². The summed E-state index contributed by atoms with van der Waals surface area (Å²) in [7, 11) is 1.34. The molecule has 2 aliphatic rings. The molecule has 0 amide bonds. The highest BCUT2D eigenvalue weighted by Gasteiger charge is 2.49. The van der Waals surface area contributed by atoms with Crippen LogP contribution in [0.3, 0.4) is 0 Å². The number of hydrogen-bond donors (Lipinski definition) is 5. The summed E-state index contributed by atoms with van der Waals surface area (Å²) >= 11 is 6.22. The molecule has 1 saturated carbocycles. The van der Waals surface area contributed by atoms with Gasteiger partial charge in [0, 0.05) is 25.0 Å². The average Bonchev–Trinajstić information content (AvgIpc) is 2.95. The van der Waals surface area contributed by atoms with Gasteiger partial charge >= 0.3 is 0 Å². The first-order chi connectivity index (χ1) is 19.2. The lowest BCUT2D eigenvalue weighted by molar-refractivity contribution is -0.313. The van der Waals surface area contributed by atoms with E-state index in [-0.39, 0.29) is 57.3 Å². The summed E-state index contributed by atoms with van der Waals surface area (Å²) in [6.45, 7) is 8.83. The quantitative estimate of drug-likeness (QED) is 0.199. The van der Waals surface area contributed by atoms with Crippen LogP contribution in [-0.2, 0) is 25.4 Å². The largest absolute Gasteiger partial charge is 0.507 e. The van der Waals surface area contributed by atoms with Crippen LogP contribution in [0.1, 0.15) is 68.4 Å². The van der Waals surface area contributed by atoms with Gasteiger partial charge in [0.25, 0.3) is 0 Å². The summed E-state index contributed by atoms with van der Waals surface area (Å²) in [6, 6.07) is 0. The Morgan fingerprint density at radius 3 is 2.46 bits per heavy atom. The number of phenolic OH excluding ortho intramolecular Hbond substituents is 2. The zero-order chi connectivity index (χ0) is 30.8. The molecule has 0 spiro atoms. The topological polar surface area (TPSA) is 163 Å². The Bertz CT molecular complexity index is 1150. The van der Waals surface area contributed by atoms with Crippen molar-refractivity contribution in [1.29, 1.82) is 0 Å². The lowest BCUT2D eigenvalue weighted by Gasteiger charge is -2.47. The molecular formula is C30H43ClO10. The van der Waals surface area contributed by atoms with Gasteiger partial charge in [-0.1, -0.05) is 38.4 Å². The van der Waals surface area contributed by atoms with Gasteiger partial charge in [-0.25, -0.2) is 0 Å². The van der Waals surface area contributed by atoms with E-state index >= 15 is 0 Å². The fourth-order valence-electron chi connectivity index (χ4n) is 6.02. The summed E-state index contributed by atoms with van der Waals surface area (Å²) in [5.41, 5.74) is 0.449. The summed E-state index contributed by atoms with van der Waals surface area (Å²) in [4.78, 5) is 24.3. The number of aliphatic hydroxyl groups is 3. The molecule has 11 heteroatoms. The van der Waals surface area contributed by atoms with Crippen molar-refractivity contribution >= 4 is 23.7 Å². The molecule has 0 aromatic heterocycles. The fraction of sp³-hybridized carbons (Fsp3) is 0.667. The van der Waals surface area contributed by atoms with Crippen molar-refractivity contribution in [2.24, 2.45) is 17.3 Å². The Morgan fingerprint density at radius 2 is 1.88 bits per heavy atom.